The number of benzene rings is 1. The summed E-state index contributed by atoms with van der Waals surface area (Å²) in [5, 5.41) is 13.4. The van der Waals surface area contributed by atoms with Gasteiger partial charge in [-0.1, -0.05) is 30.3 Å². The highest BCUT2D eigenvalue weighted by atomic mass is 16.4. The monoisotopic (exact) mass is 253 g/mol. The summed E-state index contributed by atoms with van der Waals surface area (Å²) in [6.07, 6.45) is 0. The fourth-order valence-electron chi connectivity index (χ4n) is 1.98. The van der Waals surface area contributed by atoms with Gasteiger partial charge in [-0.2, -0.15) is 5.10 Å². The molecule has 2 aromatic heterocycles. The summed E-state index contributed by atoms with van der Waals surface area (Å²) in [6.45, 7) is 1.81. The molecular weight excluding hydrogens is 242 g/mol. The van der Waals surface area contributed by atoms with Crippen LogP contribution >= 0.6 is 0 Å². The topological polar surface area (TPSA) is 67.5 Å². The molecule has 3 rings (SSSR count). The third-order valence-electron chi connectivity index (χ3n) is 2.89. The molecule has 1 N–H and O–H groups in total. The van der Waals surface area contributed by atoms with Gasteiger partial charge in [0.05, 0.1) is 5.69 Å². The second kappa shape index (κ2) is 4.20. The highest BCUT2D eigenvalue weighted by Crippen LogP contribution is 2.19. The Morgan fingerprint density at radius 2 is 1.95 bits per heavy atom. The summed E-state index contributed by atoms with van der Waals surface area (Å²) in [6, 6.07) is 13.0. The van der Waals surface area contributed by atoms with Gasteiger partial charge in [-0.3, -0.25) is 0 Å². The van der Waals surface area contributed by atoms with Crippen molar-refractivity contribution in [3.63, 3.8) is 0 Å². The molecule has 0 unspecified atom stereocenters. The number of carboxylic acids is 1. The van der Waals surface area contributed by atoms with Gasteiger partial charge in [0, 0.05) is 17.3 Å². The molecule has 0 aliphatic heterocycles. The molecular formula is C14H11N3O2. The molecule has 5 heteroatoms. The molecule has 0 spiro atoms. The van der Waals surface area contributed by atoms with Crippen LogP contribution in [0.4, 0.5) is 0 Å². The van der Waals surface area contributed by atoms with Crippen molar-refractivity contribution in [3.05, 3.63) is 53.9 Å². The minimum atomic E-state index is -1.03. The van der Waals surface area contributed by atoms with Crippen LogP contribution in [0.2, 0.25) is 0 Å². The van der Waals surface area contributed by atoms with Crippen molar-refractivity contribution in [1.29, 1.82) is 0 Å². The smallest absolute Gasteiger partial charge is 0.354 e. The number of hydrogen-bond donors (Lipinski definition) is 1. The SMILES string of the molecule is Cc1cc(C(=O)O)nc2cc(-c3ccccc3)nn12. The molecule has 0 saturated carbocycles. The summed E-state index contributed by atoms with van der Waals surface area (Å²) >= 11 is 0. The second-order valence-corrected chi connectivity index (χ2v) is 4.25. The number of aryl methyl sites for hydroxylation is 1. The van der Waals surface area contributed by atoms with Crippen LogP contribution in [-0.2, 0) is 0 Å². The number of hydrogen-bond acceptors (Lipinski definition) is 3. The zero-order chi connectivity index (χ0) is 13.4. The maximum Gasteiger partial charge on any atom is 0.354 e. The molecule has 2 heterocycles. The number of aromatic carboxylic acids is 1. The summed E-state index contributed by atoms with van der Waals surface area (Å²) in [4.78, 5) is 15.1. The zero-order valence-electron chi connectivity index (χ0n) is 10.2. The van der Waals surface area contributed by atoms with Gasteiger partial charge in [-0.25, -0.2) is 14.3 Å². The van der Waals surface area contributed by atoms with Crippen molar-refractivity contribution in [1.82, 2.24) is 14.6 Å². The molecule has 0 radical (unpaired) electrons. The van der Waals surface area contributed by atoms with Crippen molar-refractivity contribution in [3.8, 4) is 11.3 Å². The molecule has 0 aliphatic carbocycles. The fraction of sp³-hybridized carbons (Fsp3) is 0.0714. The minimum Gasteiger partial charge on any atom is -0.477 e. The fourth-order valence-corrected chi connectivity index (χ4v) is 1.98. The average molecular weight is 253 g/mol. The van der Waals surface area contributed by atoms with Gasteiger partial charge in [0.1, 0.15) is 0 Å². The average Bonchev–Trinajstić information content (AvgIpc) is 2.84. The minimum absolute atomic E-state index is 0.0320. The number of aromatic nitrogens is 3. The van der Waals surface area contributed by atoms with E-state index in [9.17, 15) is 4.79 Å². The normalized spacial score (nSPS) is 10.8. The molecule has 0 atom stereocenters. The van der Waals surface area contributed by atoms with E-state index >= 15 is 0 Å². The summed E-state index contributed by atoms with van der Waals surface area (Å²) in [5.74, 6) is -1.03. The van der Waals surface area contributed by atoms with E-state index < -0.39 is 5.97 Å². The Kier molecular flexibility index (Phi) is 2.52. The first kappa shape index (κ1) is 11.4. The summed E-state index contributed by atoms with van der Waals surface area (Å²) < 4.78 is 1.65. The van der Waals surface area contributed by atoms with Crippen molar-refractivity contribution in [2.45, 2.75) is 6.92 Å². The van der Waals surface area contributed by atoms with Crippen LogP contribution in [0.25, 0.3) is 16.9 Å². The van der Waals surface area contributed by atoms with Crippen LogP contribution in [0.5, 0.6) is 0 Å². The van der Waals surface area contributed by atoms with E-state index in [1.54, 1.807) is 10.6 Å². The van der Waals surface area contributed by atoms with E-state index in [0.29, 0.717) is 5.65 Å². The molecule has 3 aromatic rings. The van der Waals surface area contributed by atoms with Gasteiger partial charge >= 0.3 is 5.97 Å². The summed E-state index contributed by atoms with van der Waals surface area (Å²) in [7, 11) is 0. The highest BCUT2D eigenvalue weighted by Gasteiger charge is 2.11. The van der Waals surface area contributed by atoms with Crippen molar-refractivity contribution in [2.24, 2.45) is 0 Å². The molecule has 0 aliphatic rings. The van der Waals surface area contributed by atoms with Gasteiger partial charge < -0.3 is 5.11 Å². The number of fused-ring (bicyclic) bond motifs is 1. The van der Waals surface area contributed by atoms with Crippen molar-refractivity contribution >= 4 is 11.6 Å². The van der Waals surface area contributed by atoms with Gasteiger partial charge in [0.2, 0.25) is 0 Å². The van der Waals surface area contributed by atoms with E-state index in [1.165, 1.54) is 6.07 Å². The van der Waals surface area contributed by atoms with E-state index in [-0.39, 0.29) is 5.69 Å². The van der Waals surface area contributed by atoms with Crippen LogP contribution in [0.15, 0.2) is 42.5 Å². The van der Waals surface area contributed by atoms with Crippen LogP contribution < -0.4 is 0 Å². The van der Waals surface area contributed by atoms with Crippen LogP contribution in [0.3, 0.4) is 0 Å². The van der Waals surface area contributed by atoms with Gasteiger partial charge in [0.25, 0.3) is 0 Å². The molecule has 5 nitrogen and oxygen atoms in total. The van der Waals surface area contributed by atoms with Crippen LogP contribution in [0.1, 0.15) is 16.2 Å². The number of nitrogens with zero attached hydrogens (tertiary/aromatic N) is 3. The Labute approximate surface area is 109 Å². The van der Waals surface area contributed by atoms with Crippen molar-refractivity contribution < 1.29 is 9.90 Å². The predicted molar refractivity (Wildman–Crippen MR) is 70.1 cm³/mol. The lowest BCUT2D eigenvalue weighted by Gasteiger charge is -1.99. The highest BCUT2D eigenvalue weighted by molar-refractivity contribution is 5.86. The van der Waals surface area contributed by atoms with E-state index in [2.05, 4.69) is 10.1 Å². The largest absolute Gasteiger partial charge is 0.477 e. The number of carboxylic acid groups (broad SMARTS) is 1. The molecule has 1 aromatic carbocycles. The summed E-state index contributed by atoms with van der Waals surface area (Å²) in [5.41, 5.74) is 3.06. The third kappa shape index (κ3) is 1.95. The number of rotatable bonds is 2. The lowest BCUT2D eigenvalue weighted by Crippen LogP contribution is -2.05. The predicted octanol–water partition coefficient (Wildman–Crippen LogP) is 2.40. The Balaban J connectivity index is 2.21. The third-order valence-corrected chi connectivity index (χ3v) is 2.89. The first-order chi connectivity index (χ1) is 9.15. The Morgan fingerprint density at radius 1 is 1.21 bits per heavy atom. The Morgan fingerprint density at radius 3 is 2.63 bits per heavy atom. The van der Waals surface area contributed by atoms with Crippen LogP contribution in [0, 0.1) is 6.92 Å². The first-order valence-corrected chi connectivity index (χ1v) is 5.81. The molecule has 0 amide bonds. The Bertz CT molecular complexity index is 763. The maximum absolute atomic E-state index is 11.0. The lowest BCUT2D eigenvalue weighted by atomic mass is 10.2. The second-order valence-electron chi connectivity index (χ2n) is 4.25. The maximum atomic E-state index is 11.0. The van der Waals surface area contributed by atoms with Gasteiger partial charge in [-0.05, 0) is 13.0 Å². The van der Waals surface area contributed by atoms with Gasteiger partial charge in [-0.15, -0.1) is 0 Å². The first-order valence-electron chi connectivity index (χ1n) is 5.81. The van der Waals surface area contributed by atoms with Crippen molar-refractivity contribution in [2.75, 3.05) is 0 Å². The molecule has 19 heavy (non-hydrogen) atoms. The molecule has 94 valence electrons. The molecule has 0 bridgehead atoms. The van der Waals surface area contributed by atoms with E-state index in [0.717, 1.165) is 17.0 Å². The lowest BCUT2D eigenvalue weighted by molar-refractivity contribution is 0.0690. The van der Waals surface area contributed by atoms with E-state index in [1.807, 2.05) is 37.3 Å². The quantitative estimate of drug-likeness (QED) is 0.761. The standard InChI is InChI=1S/C14H11N3O2/c1-9-7-12(14(18)19)15-13-8-11(16-17(9)13)10-5-3-2-4-6-10/h2-8H,1H3,(H,18,19). The zero-order valence-corrected chi connectivity index (χ0v) is 10.2. The van der Waals surface area contributed by atoms with Gasteiger partial charge in [0.15, 0.2) is 11.3 Å². The van der Waals surface area contributed by atoms with Crippen LogP contribution in [-0.4, -0.2) is 25.7 Å². The molecule has 0 fully saturated rings. The molecule has 0 saturated heterocycles. The Hall–Kier alpha value is -2.69. The van der Waals surface area contributed by atoms with E-state index in [4.69, 9.17) is 5.11 Å². The number of carbonyl (C=O) groups is 1.